The molecule has 1 aromatic carbocycles. The van der Waals surface area contributed by atoms with Crippen molar-refractivity contribution in [3.8, 4) is 0 Å². The number of sulfonamides is 1. The maximum Gasteiger partial charge on any atom is 0.335 e. The Morgan fingerprint density at radius 3 is 2.45 bits per heavy atom. The molecule has 1 rings (SSSR count). The van der Waals surface area contributed by atoms with Crippen molar-refractivity contribution in [3.63, 3.8) is 0 Å². The molecule has 0 saturated heterocycles. The molecule has 3 N–H and O–H groups in total. The van der Waals surface area contributed by atoms with Crippen LogP contribution in [0, 0.1) is 11.7 Å². The van der Waals surface area contributed by atoms with Crippen molar-refractivity contribution in [2.24, 2.45) is 5.92 Å². The summed E-state index contributed by atoms with van der Waals surface area (Å²) in [5.74, 6) is -2.66. The second-order valence-electron chi connectivity index (χ2n) is 4.61. The van der Waals surface area contributed by atoms with E-state index in [9.17, 15) is 22.7 Å². The Balaban J connectivity index is 2.96. The summed E-state index contributed by atoms with van der Waals surface area (Å²) >= 11 is 0. The molecule has 20 heavy (non-hydrogen) atoms. The minimum atomic E-state index is -4.14. The molecule has 1 unspecified atom stereocenters. The third-order valence-electron chi connectivity index (χ3n) is 2.72. The van der Waals surface area contributed by atoms with Gasteiger partial charge in [0.25, 0.3) is 0 Å². The first kappa shape index (κ1) is 16.5. The van der Waals surface area contributed by atoms with Crippen LogP contribution in [0.1, 0.15) is 24.2 Å². The van der Waals surface area contributed by atoms with Gasteiger partial charge >= 0.3 is 5.97 Å². The van der Waals surface area contributed by atoms with Gasteiger partial charge in [0.05, 0.1) is 11.7 Å². The van der Waals surface area contributed by atoms with Crippen LogP contribution in [0.3, 0.4) is 0 Å². The van der Waals surface area contributed by atoms with Crippen LogP contribution in [0.25, 0.3) is 0 Å². The number of carboxylic acids is 1. The minimum Gasteiger partial charge on any atom is -0.478 e. The third-order valence-corrected chi connectivity index (χ3v) is 4.18. The molecule has 0 saturated carbocycles. The summed E-state index contributed by atoms with van der Waals surface area (Å²) in [5.41, 5.74) is -0.344. The fraction of sp³-hybridized carbons (Fsp3) is 0.417. The van der Waals surface area contributed by atoms with Crippen molar-refractivity contribution < 1.29 is 27.8 Å². The minimum absolute atomic E-state index is 0.156. The van der Waals surface area contributed by atoms with Gasteiger partial charge in [0.2, 0.25) is 10.0 Å². The standard InChI is InChI=1S/C12H16FNO5S/c1-7(2)10(15)6-14-20(18,19)11-4-3-8(12(16)17)5-9(11)13/h3-5,7,10,14-15H,6H2,1-2H3,(H,16,17). The lowest BCUT2D eigenvalue weighted by Gasteiger charge is -2.15. The smallest absolute Gasteiger partial charge is 0.335 e. The topological polar surface area (TPSA) is 104 Å². The number of benzene rings is 1. The van der Waals surface area contributed by atoms with Crippen LogP contribution in [0.5, 0.6) is 0 Å². The highest BCUT2D eigenvalue weighted by atomic mass is 32.2. The van der Waals surface area contributed by atoms with E-state index in [1.54, 1.807) is 13.8 Å². The summed E-state index contributed by atoms with van der Waals surface area (Å²) in [6.07, 6.45) is -0.897. The quantitative estimate of drug-likeness (QED) is 0.722. The number of rotatable bonds is 6. The molecule has 0 heterocycles. The number of halogens is 1. The number of hydrogen-bond donors (Lipinski definition) is 3. The second kappa shape index (κ2) is 6.29. The fourth-order valence-electron chi connectivity index (χ4n) is 1.36. The van der Waals surface area contributed by atoms with Gasteiger partial charge in [0, 0.05) is 6.54 Å². The predicted octanol–water partition coefficient (Wildman–Crippen LogP) is 0.819. The first-order valence-corrected chi connectivity index (χ1v) is 7.34. The number of carbonyl (C=O) groups is 1. The molecule has 1 atom stereocenters. The number of aliphatic hydroxyl groups excluding tert-OH is 1. The van der Waals surface area contributed by atoms with Gasteiger partial charge in [-0.05, 0) is 24.1 Å². The first-order chi connectivity index (χ1) is 9.15. The largest absolute Gasteiger partial charge is 0.478 e. The Hall–Kier alpha value is -1.51. The number of hydrogen-bond acceptors (Lipinski definition) is 4. The van der Waals surface area contributed by atoms with E-state index >= 15 is 0 Å². The lowest BCUT2D eigenvalue weighted by atomic mass is 10.1. The number of carboxylic acid groups (broad SMARTS) is 1. The third kappa shape index (κ3) is 3.99. The van der Waals surface area contributed by atoms with Crippen molar-refractivity contribution in [1.82, 2.24) is 4.72 Å². The molecule has 0 radical (unpaired) electrons. The number of aliphatic hydroxyl groups is 1. The van der Waals surface area contributed by atoms with Gasteiger partial charge in [-0.2, -0.15) is 0 Å². The average Bonchev–Trinajstić information content (AvgIpc) is 2.35. The Morgan fingerprint density at radius 1 is 1.40 bits per heavy atom. The molecule has 0 aliphatic heterocycles. The first-order valence-electron chi connectivity index (χ1n) is 5.85. The molecule has 0 aliphatic rings. The van der Waals surface area contributed by atoms with Crippen molar-refractivity contribution in [3.05, 3.63) is 29.6 Å². The maximum atomic E-state index is 13.6. The van der Waals surface area contributed by atoms with E-state index in [1.165, 1.54) is 0 Å². The molecule has 0 fully saturated rings. The Kier molecular flexibility index (Phi) is 5.21. The van der Waals surface area contributed by atoms with E-state index in [2.05, 4.69) is 4.72 Å². The monoisotopic (exact) mass is 305 g/mol. The Morgan fingerprint density at radius 2 is 2.00 bits per heavy atom. The molecule has 6 nitrogen and oxygen atoms in total. The van der Waals surface area contributed by atoms with Crippen molar-refractivity contribution in [2.75, 3.05) is 6.54 Å². The summed E-state index contributed by atoms with van der Waals surface area (Å²) in [6, 6.07) is 2.51. The molecule has 0 spiro atoms. The highest BCUT2D eigenvalue weighted by molar-refractivity contribution is 7.89. The van der Waals surface area contributed by atoms with Gasteiger partial charge in [-0.3, -0.25) is 0 Å². The second-order valence-corrected chi connectivity index (χ2v) is 6.35. The van der Waals surface area contributed by atoms with Crippen LogP contribution in [0.4, 0.5) is 4.39 Å². The van der Waals surface area contributed by atoms with Crippen LogP contribution < -0.4 is 4.72 Å². The molecule has 0 bridgehead atoms. The van der Waals surface area contributed by atoms with Gasteiger partial charge in [-0.1, -0.05) is 13.8 Å². The fourth-order valence-corrected chi connectivity index (χ4v) is 2.47. The zero-order valence-electron chi connectivity index (χ0n) is 11.0. The van der Waals surface area contributed by atoms with Gasteiger partial charge < -0.3 is 10.2 Å². The molecule has 0 aromatic heterocycles. The zero-order chi connectivity index (χ0) is 15.5. The van der Waals surface area contributed by atoms with Crippen LogP contribution >= 0.6 is 0 Å². The van der Waals surface area contributed by atoms with E-state index in [0.717, 1.165) is 12.1 Å². The highest BCUT2D eigenvalue weighted by Crippen LogP contribution is 2.16. The molecular formula is C12H16FNO5S. The lowest BCUT2D eigenvalue weighted by molar-refractivity contribution is 0.0696. The van der Waals surface area contributed by atoms with E-state index in [1.807, 2.05) is 0 Å². The molecule has 112 valence electrons. The summed E-state index contributed by atoms with van der Waals surface area (Å²) in [5, 5.41) is 18.2. The van der Waals surface area contributed by atoms with Crippen LogP contribution in [0.15, 0.2) is 23.1 Å². The van der Waals surface area contributed by atoms with E-state index in [4.69, 9.17) is 5.11 Å². The van der Waals surface area contributed by atoms with Gasteiger partial charge in [0.15, 0.2) is 0 Å². The summed E-state index contributed by atoms with van der Waals surface area (Å²) < 4.78 is 39.4. The molecule has 0 aliphatic carbocycles. The van der Waals surface area contributed by atoms with Crippen LogP contribution in [-0.4, -0.2) is 37.2 Å². The van der Waals surface area contributed by atoms with Crippen LogP contribution in [-0.2, 0) is 10.0 Å². The number of nitrogens with one attached hydrogen (secondary N) is 1. The summed E-state index contributed by atoms with van der Waals surface area (Å²) in [4.78, 5) is 9.99. The van der Waals surface area contributed by atoms with Crippen molar-refractivity contribution in [1.29, 1.82) is 0 Å². The Labute approximate surface area is 116 Å². The maximum absolute atomic E-state index is 13.6. The summed E-state index contributed by atoms with van der Waals surface area (Å²) in [7, 11) is -4.14. The molecular weight excluding hydrogens is 289 g/mol. The predicted molar refractivity (Wildman–Crippen MR) is 69.4 cm³/mol. The van der Waals surface area contributed by atoms with E-state index in [0.29, 0.717) is 6.07 Å². The van der Waals surface area contributed by atoms with Gasteiger partial charge in [-0.15, -0.1) is 0 Å². The van der Waals surface area contributed by atoms with E-state index in [-0.39, 0.29) is 18.0 Å². The Bertz CT molecular complexity index is 600. The normalized spacial score (nSPS) is 13.4. The number of aromatic carboxylic acids is 1. The van der Waals surface area contributed by atoms with Crippen molar-refractivity contribution in [2.45, 2.75) is 24.8 Å². The van der Waals surface area contributed by atoms with Crippen LogP contribution in [0.2, 0.25) is 0 Å². The zero-order valence-corrected chi connectivity index (χ0v) is 11.8. The van der Waals surface area contributed by atoms with Gasteiger partial charge in [0.1, 0.15) is 10.7 Å². The lowest BCUT2D eigenvalue weighted by Crippen LogP contribution is -2.35. The summed E-state index contributed by atoms with van der Waals surface area (Å²) in [6.45, 7) is 3.17. The SMILES string of the molecule is CC(C)C(O)CNS(=O)(=O)c1ccc(C(=O)O)cc1F. The van der Waals surface area contributed by atoms with E-state index < -0.39 is 32.8 Å². The average molecular weight is 305 g/mol. The molecule has 1 aromatic rings. The van der Waals surface area contributed by atoms with Gasteiger partial charge in [-0.25, -0.2) is 22.3 Å². The van der Waals surface area contributed by atoms with Crippen molar-refractivity contribution >= 4 is 16.0 Å². The molecule has 0 amide bonds. The highest BCUT2D eigenvalue weighted by Gasteiger charge is 2.22. The molecule has 8 heteroatoms.